The summed E-state index contributed by atoms with van der Waals surface area (Å²) in [4.78, 5) is 23.7. The SMILES string of the molecule is Cn1cc(Br)cc1C(=O)NNC(=O)Cc1ccccc1Cl. The van der Waals surface area contributed by atoms with Crippen LogP contribution in [0.1, 0.15) is 16.1 Å². The fourth-order valence-corrected chi connectivity index (χ4v) is 2.53. The molecular weight excluding hydrogens is 358 g/mol. The van der Waals surface area contributed by atoms with Crippen LogP contribution in [0.15, 0.2) is 41.0 Å². The first-order chi connectivity index (χ1) is 9.97. The summed E-state index contributed by atoms with van der Waals surface area (Å²) in [5.41, 5.74) is 5.87. The molecule has 0 fully saturated rings. The number of nitrogens with one attached hydrogen (secondary N) is 2. The van der Waals surface area contributed by atoms with Crippen LogP contribution in [0.2, 0.25) is 5.02 Å². The molecular formula is C14H13BrClN3O2. The molecule has 1 aromatic carbocycles. The lowest BCUT2D eigenvalue weighted by Crippen LogP contribution is -2.42. The molecule has 0 aliphatic heterocycles. The van der Waals surface area contributed by atoms with Crippen LogP contribution in [-0.4, -0.2) is 16.4 Å². The van der Waals surface area contributed by atoms with Crippen molar-refractivity contribution in [1.82, 2.24) is 15.4 Å². The van der Waals surface area contributed by atoms with Gasteiger partial charge in [-0.05, 0) is 33.6 Å². The Bertz CT molecular complexity index is 685. The van der Waals surface area contributed by atoms with E-state index >= 15 is 0 Å². The van der Waals surface area contributed by atoms with E-state index < -0.39 is 5.91 Å². The number of aromatic nitrogens is 1. The van der Waals surface area contributed by atoms with E-state index in [0.717, 1.165) is 4.47 Å². The molecule has 0 unspecified atom stereocenters. The highest BCUT2D eigenvalue weighted by molar-refractivity contribution is 9.10. The highest BCUT2D eigenvalue weighted by Crippen LogP contribution is 2.15. The molecule has 2 amide bonds. The van der Waals surface area contributed by atoms with Crippen molar-refractivity contribution in [2.45, 2.75) is 6.42 Å². The van der Waals surface area contributed by atoms with Gasteiger partial charge >= 0.3 is 0 Å². The third kappa shape index (κ3) is 4.09. The van der Waals surface area contributed by atoms with Crippen molar-refractivity contribution in [3.05, 3.63) is 57.3 Å². The molecule has 5 nitrogen and oxygen atoms in total. The number of benzene rings is 1. The third-order valence-electron chi connectivity index (χ3n) is 2.83. The molecule has 1 aromatic heterocycles. The summed E-state index contributed by atoms with van der Waals surface area (Å²) in [6.45, 7) is 0. The normalized spacial score (nSPS) is 10.2. The molecule has 7 heteroatoms. The van der Waals surface area contributed by atoms with E-state index in [4.69, 9.17) is 11.6 Å². The van der Waals surface area contributed by atoms with E-state index in [2.05, 4.69) is 26.8 Å². The lowest BCUT2D eigenvalue weighted by molar-refractivity contribution is -0.121. The number of rotatable bonds is 3. The van der Waals surface area contributed by atoms with Crippen molar-refractivity contribution in [2.24, 2.45) is 7.05 Å². The maximum absolute atomic E-state index is 11.9. The minimum absolute atomic E-state index is 0.0940. The first-order valence-electron chi connectivity index (χ1n) is 6.12. The molecule has 0 atom stereocenters. The van der Waals surface area contributed by atoms with Gasteiger partial charge in [-0.15, -0.1) is 0 Å². The second kappa shape index (κ2) is 6.78. The van der Waals surface area contributed by atoms with Gasteiger partial charge in [-0.3, -0.25) is 20.4 Å². The number of carbonyl (C=O) groups excluding carboxylic acids is 2. The largest absolute Gasteiger partial charge is 0.345 e. The summed E-state index contributed by atoms with van der Waals surface area (Å²) in [5, 5.41) is 0.519. The van der Waals surface area contributed by atoms with Crippen molar-refractivity contribution >= 4 is 39.3 Å². The van der Waals surface area contributed by atoms with Gasteiger partial charge in [0, 0.05) is 22.7 Å². The molecule has 110 valence electrons. The Labute approximate surface area is 135 Å². The van der Waals surface area contributed by atoms with Crippen molar-refractivity contribution < 1.29 is 9.59 Å². The third-order valence-corrected chi connectivity index (χ3v) is 3.63. The quantitative estimate of drug-likeness (QED) is 0.815. The Kier molecular flexibility index (Phi) is 5.03. The van der Waals surface area contributed by atoms with Crippen molar-refractivity contribution in [3.63, 3.8) is 0 Å². The molecule has 0 bridgehead atoms. The summed E-state index contributed by atoms with van der Waals surface area (Å²) in [7, 11) is 1.74. The van der Waals surface area contributed by atoms with Gasteiger partial charge in [0.25, 0.3) is 5.91 Å². The summed E-state index contributed by atoms with van der Waals surface area (Å²) >= 11 is 9.26. The number of nitrogens with zero attached hydrogens (tertiary/aromatic N) is 1. The van der Waals surface area contributed by atoms with Crippen LogP contribution in [0.3, 0.4) is 0 Å². The Hall–Kier alpha value is -1.79. The fourth-order valence-electron chi connectivity index (χ4n) is 1.80. The smallest absolute Gasteiger partial charge is 0.286 e. The zero-order valence-corrected chi connectivity index (χ0v) is 13.5. The second-order valence-electron chi connectivity index (χ2n) is 4.42. The molecule has 2 N–H and O–H groups in total. The molecule has 21 heavy (non-hydrogen) atoms. The number of hydrazine groups is 1. The number of amides is 2. The molecule has 2 rings (SSSR count). The first-order valence-corrected chi connectivity index (χ1v) is 7.29. The maximum Gasteiger partial charge on any atom is 0.286 e. The van der Waals surface area contributed by atoms with E-state index in [9.17, 15) is 9.59 Å². The van der Waals surface area contributed by atoms with Gasteiger partial charge < -0.3 is 4.57 Å². The van der Waals surface area contributed by atoms with Crippen LogP contribution in [0, 0.1) is 0 Å². The molecule has 0 saturated heterocycles. The summed E-state index contributed by atoms with van der Waals surface area (Å²) < 4.78 is 2.44. The average Bonchev–Trinajstić information content (AvgIpc) is 2.78. The second-order valence-corrected chi connectivity index (χ2v) is 5.75. The molecule has 2 aromatic rings. The zero-order chi connectivity index (χ0) is 15.4. The Morgan fingerprint density at radius 2 is 2.00 bits per heavy atom. The van der Waals surface area contributed by atoms with Crippen LogP contribution in [0.4, 0.5) is 0 Å². The van der Waals surface area contributed by atoms with E-state index in [1.54, 1.807) is 48.1 Å². The van der Waals surface area contributed by atoms with Crippen LogP contribution in [0.5, 0.6) is 0 Å². The fraction of sp³-hybridized carbons (Fsp3) is 0.143. The molecule has 0 radical (unpaired) electrons. The number of aryl methyl sites for hydroxylation is 1. The number of carbonyl (C=O) groups is 2. The standard InChI is InChI=1S/C14H13BrClN3O2/c1-19-8-10(15)7-12(19)14(21)18-17-13(20)6-9-4-2-3-5-11(9)16/h2-5,7-8H,6H2,1H3,(H,17,20)(H,18,21). The molecule has 0 aliphatic rings. The van der Waals surface area contributed by atoms with Crippen LogP contribution >= 0.6 is 27.5 Å². The highest BCUT2D eigenvalue weighted by atomic mass is 79.9. The monoisotopic (exact) mass is 369 g/mol. The lowest BCUT2D eigenvalue weighted by Gasteiger charge is -2.08. The van der Waals surface area contributed by atoms with E-state index in [-0.39, 0.29) is 12.3 Å². The van der Waals surface area contributed by atoms with Gasteiger partial charge in [0.15, 0.2) is 0 Å². The number of hydrogen-bond acceptors (Lipinski definition) is 2. The van der Waals surface area contributed by atoms with Gasteiger partial charge in [0.2, 0.25) is 5.91 Å². The van der Waals surface area contributed by atoms with Gasteiger partial charge in [0.1, 0.15) is 5.69 Å². The Morgan fingerprint density at radius 3 is 2.62 bits per heavy atom. The van der Waals surface area contributed by atoms with Gasteiger partial charge in [-0.2, -0.15) is 0 Å². The predicted octanol–water partition coefficient (Wildman–Crippen LogP) is 2.44. The van der Waals surface area contributed by atoms with Crippen molar-refractivity contribution in [2.75, 3.05) is 0 Å². The van der Waals surface area contributed by atoms with E-state index in [1.165, 1.54) is 0 Å². The number of hydrogen-bond donors (Lipinski definition) is 2. The van der Waals surface area contributed by atoms with E-state index in [0.29, 0.717) is 16.3 Å². The minimum atomic E-state index is -0.393. The highest BCUT2D eigenvalue weighted by Gasteiger charge is 2.12. The summed E-state index contributed by atoms with van der Waals surface area (Å²) in [5.74, 6) is -0.736. The molecule has 0 aliphatic carbocycles. The Balaban J connectivity index is 1.91. The van der Waals surface area contributed by atoms with Crippen molar-refractivity contribution in [3.8, 4) is 0 Å². The summed E-state index contributed by atoms with van der Waals surface area (Å²) in [6, 6.07) is 8.73. The maximum atomic E-state index is 11.9. The molecule has 1 heterocycles. The average molecular weight is 371 g/mol. The zero-order valence-electron chi connectivity index (χ0n) is 11.2. The first kappa shape index (κ1) is 15.6. The molecule has 0 spiro atoms. The van der Waals surface area contributed by atoms with Crippen LogP contribution in [-0.2, 0) is 18.3 Å². The molecule has 0 saturated carbocycles. The van der Waals surface area contributed by atoms with Gasteiger partial charge in [-0.1, -0.05) is 29.8 Å². The lowest BCUT2D eigenvalue weighted by atomic mass is 10.1. The van der Waals surface area contributed by atoms with Crippen LogP contribution in [0.25, 0.3) is 0 Å². The van der Waals surface area contributed by atoms with Gasteiger partial charge in [0.05, 0.1) is 6.42 Å². The van der Waals surface area contributed by atoms with Crippen LogP contribution < -0.4 is 10.9 Å². The topological polar surface area (TPSA) is 63.1 Å². The predicted molar refractivity (Wildman–Crippen MR) is 83.9 cm³/mol. The van der Waals surface area contributed by atoms with Gasteiger partial charge in [-0.25, -0.2) is 0 Å². The Morgan fingerprint density at radius 1 is 1.29 bits per heavy atom. The van der Waals surface area contributed by atoms with Crippen molar-refractivity contribution in [1.29, 1.82) is 0 Å². The minimum Gasteiger partial charge on any atom is -0.345 e. The number of halogens is 2. The summed E-state index contributed by atoms with van der Waals surface area (Å²) in [6.07, 6.45) is 1.84. The van der Waals surface area contributed by atoms with E-state index in [1.807, 2.05) is 0 Å².